The van der Waals surface area contributed by atoms with Crippen LogP contribution in [0.1, 0.15) is 61.2 Å². The van der Waals surface area contributed by atoms with Crippen LogP contribution < -0.4 is 0 Å². The summed E-state index contributed by atoms with van der Waals surface area (Å²) < 4.78 is 4.99. The highest BCUT2D eigenvalue weighted by Gasteiger charge is 2.04. The van der Waals surface area contributed by atoms with Crippen molar-refractivity contribution in [3.05, 3.63) is 35.1 Å². The quantitative estimate of drug-likeness (QED) is 0.429. The minimum atomic E-state index is 0.522. The standard InChI is InChI=1S/C9H7ClN2O.C4H9NO.3C2H6/c1-6-11-9(13-12-6)7-2-4-8(10)5-3-7;1-4(2)5-6-3;3*1-2/h2-5H,1H3;1-3H3;3*1-2H3. The number of hydrogen-bond donors (Lipinski definition) is 0. The molecule has 2 rings (SSSR count). The summed E-state index contributed by atoms with van der Waals surface area (Å²) in [5.74, 6) is 1.15. The van der Waals surface area contributed by atoms with E-state index in [1.807, 2.05) is 67.5 Å². The Kier molecular flexibility index (Phi) is 22.5. The third kappa shape index (κ3) is 15.4. The molecule has 5 nitrogen and oxygen atoms in total. The van der Waals surface area contributed by atoms with E-state index < -0.39 is 0 Å². The molecule has 0 aliphatic rings. The second kappa shape index (κ2) is 20.2. The molecule has 6 heteroatoms. The summed E-state index contributed by atoms with van der Waals surface area (Å²) >= 11 is 5.74. The Balaban J connectivity index is -0.000000343. The molecule has 0 N–H and O–H groups in total. The molecular weight excluding hydrogens is 338 g/mol. The maximum absolute atomic E-state index is 5.74. The summed E-state index contributed by atoms with van der Waals surface area (Å²) in [6.07, 6.45) is 0. The highest BCUT2D eigenvalue weighted by atomic mass is 35.5. The van der Waals surface area contributed by atoms with Gasteiger partial charge in [-0.2, -0.15) is 4.98 Å². The zero-order chi connectivity index (χ0) is 20.3. The first-order valence-corrected chi connectivity index (χ1v) is 9.01. The Morgan fingerprint density at radius 2 is 1.48 bits per heavy atom. The number of halogens is 1. The number of rotatable bonds is 2. The van der Waals surface area contributed by atoms with E-state index in [2.05, 4.69) is 20.1 Å². The van der Waals surface area contributed by atoms with Gasteiger partial charge in [-0.1, -0.05) is 63.5 Å². The fourth-order valence-corrected chi connectivity index (χ4v) is 1.32. The van der Waals surface area contributed by atoms with Gasteiger partial charge in [-0.05, 0) is 45.0 Å². The highest BCUT2D eigenvalue weighted by molar-refractivity contribution is 6.30. The van der Waals surface area contributed by atoms with Gasteiger partial charge >= 0.3 is 0 Å². The van der Waals surface area contributed by atoms with Gasteiger partial charge in [-0.3, -0.25) is 0 Å². The molecule has 25 heavy (non-hydrogen) atoms. The van der Waals surface area contributed by atoms with Crippen LogP contribution in [0.5, 0.6) is 0 Å². The topological polar surface area (TPSA) is 60.5 Å². The van der Waals surface area contributed by atoms with Gasteiger partial charge in [0.1, 0.15) is 7.11 Å². The van der Waals surface area contributed by atoms with Crippen LogP contribution in [-0.2, 0) is 4.84 Å². The smallest absolute Gasteiger partial charge is 0.257 e. The van der Waals surface area contributed by atoms with Gasteiger partial charge in [-0.15, -0.1) is 0 Å². The van der Waals surface area contributed by atoms with E-state index in [4.69, 9.17) is 16.1 Å². The van der Waals surface area contributed by atoms with Crippen molar-refractivity contribution in [2.45, 2.75) is 62.3 Å². The predicted octanol–water partition coefficient (Wildman–Crippen LogP) is 6.81. The van der Waals surface area contributed by atoms with Crippen molar-refractivity contribution in [2.24, 2.45) is 5.16 Å². The molecule has 0 saturated heterocycles. The van der Waals surface area contributed by atoms with Crippen molar-refractivity contribution < 1.29 is 9.36 Å². The molecule has 0 saturated carbocycles. The zero-order valence-electron chi connectivity index (χ0n) is 17.3. The second-order valence-electron chi connectivity index (χ2n) is 3.87. The van der Waals surface area contributed by atoms with E-state index in [0.29, 0.717) is 16.7 Å². The highest BCUT2D eigenvalue weighted by Crippen LogP contribution is 2.19. The van der Waals surface area contributed by atoms with E-state index >= 15 is 0 Å². The minimum Gasteiger partial charge on any atom is -0.399 e. The second-order valence-corrected chi connectivity index (χ2v) is 4.31. The minimum absolute atomic E-state index is 0.522. The number of nitrogens with zero attached hydrogens (tertiary/aromatic N) is 3. The fourth-order valence-electron chi connectivity index (χ4n) is 1.19. The normalized spacial score (nSPS) is 7.80. The summed E-state index contributed by atoms with van der Waals surface area (Å²) in [5, 5.41) is 7.93. The SMILES string of the molecule is CC.CC.CC.CON=C(C)C.Cc1noc(-c2ccc(Cl)cc2)n1. The molecule has 1 heterocycles. The molecule has 0 radical (unpaired) electrons. The van der Waals surface area contributed by atoms with Crippen LogP contribution in [0.15, 0.2) is 33.9 Å². The van der Waals surface area contributed by atoms with E-state index in [-0.39, 0.29) is 0 Å². The average Bonchev–Trinajstić information content (AvgIpc) is 3.08. The van der Waals surface area contributed by atoms with Crippen LogP contribution in [0.25, 0.3) is 11.5 Å². The van der Waals surface area contributed by atoms with Crippen molar-refractivity contribution in [3.8, 4) is 11.5 Å². The van der Waals surface area contributed by atoms with Crippen LogP contribution >= 0.6 is 11.6 Å². The summed E-state index contributed by atoms with van der Waals surface area (Å²) in [7, 11) is 1.53. The molecule has 2 aromatic rings. The molecule has 0 aliphatic carbocycles. The molecule has 0 bridgehead atoms. The summed E-state index contributed by atoms with van der Waals surface area (Å²) in [4.78, 5) is 8.48. The van der Waals surface area contributed by atoms with Crippen molar-refractivity contribution in [1.29, 1.82) is 0 Å². The largest absolute Gasteiger partial charge is 0.399 e. The first-order chi connectivity index (χ1) is 12.0. The number of aryl methyl sites for hydroxylation is 1. The monoisotopic (exact) mass is 371 g/mol. The Labute approximate surface area is 158 Å². The van der Waals surface area contributed by atoms with Gasteiger partial charge in [0.2, 0.25) is 0 Å². The third-order valence-electron chi connectivity index (χ3n) is 1.89. The molecule has 0 atom stereocenters. The Morgan fingerprint density at radius 3 is 1.76 bits per heavy atom. The predicted molar refractivity (Wildman–Crippen MR) is 109 cm³/mol. The maximum Gasteiger partial charge on any atom is 0.257 e. The van der Waals surface area contributed by atoms with E-state index in [1.165, 1.54) is 7.11 Å². The number of oxime groups is 1. The number of hydrogen-bond acceptors (Lipinski definition) is 5. The van der Waals surface area contributed by atoms with Crippen LogP contribution in [0.4, 0.5) is 0 Å². The zero-order valence-corrected chi connectivity index (χ0v) is 18.1. The van der Waals surface area contributed by atoms with Gasteiger partial charge in [0, 0.05) is 10.6 Å². The van der Waals surface area contributed by atoms with Crippen LogP contribution in [-0.4, -0.2) is 23.0 Å². The lowest BCUT2D eigenvalue weighted by Gasteiger charge is -1.92. The maximum atomic E-state index is 5.74. The lowest BCUT2D eigenvalue weighted by Crippen LogP contribution is -1.79. The van der Waals surface area contributed by atoms with E-state index in [0.717, 1.165) is 11.3 Å². The third-order valence-corrected chi connectivity index (χ3v) is 2.14. The average molecular weight is 372 g/mol. The van der Waals surface area contributed by atoms with Gasteiger partial charge in [0.25, 0.3) is 5.89 Å². The Hall–Kier alpha value is -1.88. The van der Waals surface area contributed by atoms with Gasteiger partial charge in [-0.25, -0.2) is 0 Å². The lowest BCUT2D eigenvalue weighted by molar-refractivity contribution is 0.213. The lowest BCUT2D eigenvalue weighted by atomic mass is 10.2. The van der Waals surface area contributed by atoms with Crippen LogP contribution in [0.2, 0.25) is 5.02 Å². The van der Waals surface area contributed by atoms with Crippen molar-refractivity contribution in [1.82, 2.24) is 10.1 Å². The first-order valence-electron chi connectivity index (χ1n) is 8.63. The van der Waals surface area contributed by atoms with Crippen molar-refractivity contribution in [3.63, 3.8) is 0 Å². The molecular formula is C19H34ClN3O2. The summed E-state index contributed by atoms with van der Waals surface area (Å²) in [5.41, 5.74) is 1.82. The Bertz CT molecular complexity index is 534. The molecule has 0 unspecified atom stereocenters. The van der Waals surface area contributed by atoms with Crippen LogP contribution in [0.3, 0.4) is 0 Å². The van der Waals surface area contributed by atoms with Gasteiger partial charge in [0.15, 0.2) is 5.82 Å². The molecule has 1 aromatic carbocycles. The number of aromatic nitrogens is 2. The van der Waals surface area contributed by atoms with Gasteiger partial charge in [0.05, 0.1) is 5.71 Å². The number of benzene rings is 1. The molecule has 0 fully saturated rings. The fraction of sp³-hybridized carbons (Fsp3) is 0.526. The molecule has 0 aliphatic heterocycles. The summed E-state index contributed by atoms with van der Waals surface area (Å²) in [6.45, 7) is 17.5. The van der Waals surface area contributed by atoms with E-state index in [9.17, 15) is 0 Å². The molecule has 0 amide bonds. The molecule has 144 valence electrons. The van der Waals surface area contributed by atoms with Crippen molar-refractivity contribution >= 4 is 17.3 Å². The first kappa shape index (κ1) is 27.9. The van der Waals surface area contributed by atoms with Gasteiger partial charge < -0.3 is 9.36 Å². The Morgan fingerprint density at radius 1 is 1.00 bits per heavy atom. The molecule has 0 spiro atoms. The molecule has 1 aromatic heterocycles. The summed E-state index contributed by atoms with van der Waals surface area (Å²) in [6, 6.07) is 7.26. The van der Waals surface area contributed by atoms with Crippen molar-refractivity contribution in [2.75, 3.05) is 7.11 Å². The van der Waals surface area contributed by atoms with Crippen LogP contribution in [0, 0.1) is 6.92 Å². The van der Waals surface area contributed by atoms with E-state index in [1.54, 1.807) is 19.1 Å².